The van der Waals surface area contributed by atoms with E-state index in [0.29, 0.717) is 12.8 Å². The van der Waals surface area contributed by atoms with E-state index < -0.39 is 0 Å². The molecule has 1 unspecified atom stereocenters. The SMILES string of the molecule is CCCCC(=O)Nc1cccc(SC(CC)C(=O)Nc2ccccc2Br)c1. The number of carbonyl (C=O) groups excluding carboxylic acids is 2. The highest BCUT2D eigenvalue weighted by molar-refractivity contribution is 9.10. The third kappa shape index (κ3) is 7.03. The topological polar surface area (TPSA) is 58.2 Å². The van der Waals surface area contributed by atoms with Gasteiger partial charge in [0, 0.05) is 21.5 Å². The van der Waals surface area contributed by atoms with Gasteiger partial charge in [-0.15, -0.1) is 11.8 Å². The van der Waals surface area contributed by atoms with Crippen molar-refractivity contribution in [1.29, 1.82) is 0 Å². The van der Waals surface area contributed by atoms with Gasteiger partial charge in [-0.2, -0.15) is 0 Å². The van der Waals surface area contributed by atoms with Crippen molar-refractivity contribution in [2.45, 2.75) is 49.7 Å². The summed E-state index contributed by atoms with van der Waals surface area (Å²) in [6.45, 7) is 4.06. The van der Waals surface area contributed by atoms with Gasteiger partial charge >= 0.3 is 0 Å². The average molecular weight is 449 g/mol. The van der Waals surface area contributed by atoms with Crippen LogP contribution in [0.15, 0.2) is 57.9 Å². The minimum atomic E-state index is -0.219. The van der Waals surface area contributed by atoms with Crippen molar-refractivity contribution in [3.63, 3.8) is 0 Å². The van der Waals surface area contributed by atoms with Crippen LogP contribution >= 0.6 is 27.7 Å². The summed E-state index contributed by atoms with van der Waals surface area (Å²) >= 11 is 4.95. The molecular formula is C21H25BrN2O2S. The third-order valence-electron chi connectivity index (χ3n) is 3.95. The Hall–Kier alpha value is -1.79. The Kier molecular flexibility index (Phi) is 8.88. The van der Waals surface area contributed by atoms with E-state index in [4.69, 9.17) is 0 Å². The molecule has 4 nitrogen and oxygen atoms in total. The van der Waals surface area contributed by atoms with E-state index in [9.17, 15) is 9.59 Å². The van der Waals surface area contributed by atoms with Crippen LogP contribution < -0.4 is 10.6 Å². The molecule has 2 amide bonds. The van der Waals surface area contributed by atoms with E-state index in [2.05, 4.69) is 33.5 Å². The average Bonchev–Trinajstić information content (AvgIpc) is 2.66. The number of hydrogen-bond acceptors (Lipinski definition) is 3. The van der Waals surface area contributed by atoms with Crippen LogP contribution in [0, 0.1) is 0 Å². The number of thioether (sulfide) groups is 1. The Balaban J connectivity index is 2.01. The molecule has 0 fully saturated rings. The molecule has 0 saturated heterocycles. The number of hydrogen-bond donors (Lipinski definition) is 2. The van der Waals surface area contributed by atoms with E-state index in [0.717, 1.165) is 33.6 Å². The maximum absolute atomic E-state index is 12.7. The third-order valence-corrected chi connectivity index (χ3v) is 6.00. The fraction of sp³-hybridized carbons (Fsp3) is 0.333. The number of amides is 2. The van der Waals surface area contributed by atoms with E-state index in [1.54, 1.807) is 0 Å². The standard InChI is InChI=1S/C21H25BrN2O2S/c1-3-5-13-20(25)23-15-9-8-10-16(14-15)27-19(4-2)21(26)24-18-12-7-6-11-17(18)22/h6-12,14,19H,3-5,13H2,1-2H3,(H,23,25)(H,24,26). The lowest BCUT2D eigenvalue weighted by atomic mass is 10.2. The molecule has 144 valence electrons. The van der Waals surface area contributed by atoms with Gasteiger partial charge in [0.05, 0.1) is 10.9 Å². The van der Waals surface area contributed by atoms with Crippen molar-refractivity contribution in [2.24, 2.45) is 0 Å². The lowest BCUT2D eigenvalue weighted by Crippen LogP contribution is -2.24. The van der Waals surface area contributed by atoms with Crippen LogP contribution in [0.25, 0.3) is 0 Å². The van der Waals surface area contributed by atoms with Gasteiger partial charge in [-0.05, 0) is 59.1 Å². The first kappa shape index (κ1) is 21.5. The molecule has 0 aliphatic heterocycles. The van der Waals surface area contributed by atoms with Gasteiger partial charge in [-0.1, -0.05) is 38.5 Å². The van der Waals surface area contributed by atoms with Crippen molar-refractivity contribution in [3.8, 4) is 0 Å². The van der Waals surface area contributed by atoms with Crippen molar-refractivity contribution < 1.29 is 9.59 Å². The fourth-order valence-corrected chi connectivity index (χ4v) is 3.87. The van der Waals surface area contributed by atoms with E-state index in [1.807, 2.05) is 55.5 Å². The summed E-state index contributed by atoms with van der Waals surface area (Å²) in [6, 6.07) is 15.2. The van der Waals surface area contributed by atoms with Crippen molar-refractivity contribution >= 4 is 50.9 Å². The second-order valence-corrected chi connectivity index (χ2v) is 8.29. The number of halogens is 1. The zero-order chi connectivity index (χ0) is 19.6. The van der Waals surface area contributed by atoms with Crippen LogP contribution in [0.1, 0.15) is 39.5 Å². The molecule has 6 heteroatoms. The van der Waals surface area contributed by atoms with E-state index >= 15 is 0 Å². The molecule has 0 bridgehead atoms. The lowest BCUT2D eigenvalue weighted by Gasteiger charge is -2.16. The summed E-state index contributed by atoms with van der Waals surface area (Å²) < 4.78 is 0.856. The predicted molar refractivity (Wildman–Crippen MR) is 117 cm³/mol. The van der Waals surface area contributed by atoms with Gasteiger partial charge in [0.15, 0.2) is 0 Å². The Morgan fingerprint density at radius 2 is 1.85 bits per heavy atom. The molecule has 0 heterocycles. The predicted octanol–water partition coefficient (Wildman–Crippen LogP) is 6.09. The minimum Gasteiger partial charge on any atom is -0.326 e. The maximum Gasteiger partial charge on any atom is 0.237 e. The first-order valence-corrected chi connectivity index (χ1v) is 10.8. The van der Waals surface area contributed by atoms with Crippen LogP contribution in [0.3, 0.4) is 0 Å². The number of rotatable bonds is 9. The maximum atomic E-state index is 12.7. The van der Waals surface area contributed by atoms with Gasteiger partial charge in [-0.3, -0.25) is 9.59 Å². The minimum absolute atomic E-state index is 0.0257. The van der Waals surface area contributed by atoms with Crippen molar-refractivity contribution in [3.05, 3.63) is 53.0 Å². The first-order valence-electron chi connectivity index (χ1n) is 9.15. The molecule has 0 spiro atoms. The molecule has 2 rings (SSSR count). The molecule has 1 atom stereocenters. The molecule has 2 aromatic rings. The summed E-state index contributed by atoms with van der Waals surface area (Å²) in [6.07, 6.45) is 3.11. The number of carbonyl (C=O) groups is 2. The zero-order valence-corrected chi connectivity index (χ0v) is 18.0. The van der Waals surface area contributed by atoms with Crippen LogP contribution in [-0.2, 0) is 9.59 Å². The van der Waals surface area contributed by atoms with Gasteiger partial charge < -0.3 is 10.6 Å². The molecule has 0 saturated carbocycles. The Labute approximate surface area is 173 Å². The fourth-order valence-electron chi connectivity index (χ4n) is 2.47. The van der Waals surface area contributed by atoms with E-state index in [1.165, 1.54) is 11.8 Å². The highest BCUT2D eigenvalue weighted by atomic mass is 79.9. The van der Waals surface area contributed by atoms with Gasteiger partial charge in [0.2, 0.25) is 11.8 Å². The van der Waals surface area contributed by atoms with Crippen molar-refractivity contribution in [1.82, 2.24) is 0 Å². The summed E-state index contributed by atoms with van der Waals surface area (Å²) in [5.74, 6) is -0.00973. The number of anilines is 2. The quantitative estimate of drug-likeness (QED) is 0.456. The van der Waals surface area contributed by atoms with Gasteiger partial charge in [0.25, 0.3) is 0 Å². The molecule has 0 aliphatic rings. The molecule has 27 heavy (non-hydrogen) atoms. The monoisotopic (exact) mass is 448 g/mol. The smallest absolute Gasteiger partial charge is 0.237 e. The van der Waals surface area contributed by atoms with Crippen molar-refractivity contribution in [2.75, 3.05) is 10.6 Å². The summed E-state index contributed by atoms with van der Waals surface area (Å²) in [5, 5.41) is 5.68. The van der Waals surface area contributed by atoms with Crippen LogP contribution in [0.2, 0.25) is 0 Å². The van der Waals surface area contributed by atoms with E-state index in [-0.39, 0.29) is 17.1 Å². The summed E-state index contributed by atoms with van der Waals surface area (Å²) in [4.78, 5) is 25.5. The van der Waals surface area contributed by atoms with Crippen LogP contribution in [-0.4, -0.2) is 17.1 Å². The normalized spacial score (nSPS) is 11.7. The van der Waals surface area contributed by atoms with Gasteiger partial charge in [-0.25, -0.2) is 0 Å². The second-order valence-electron chi connectivity index (χ2n) is 6.16. The summed E-state index contributed by atoms with van der Waals surface area (Å²) in [5.41, 5.74) is 1.53. The van der Waals surface area contributed by atoms with Crippen LogP contribution in [0.5, 0.6) is 0 Å². The number of benzene rings is 2. The molecule has 0 radical (unpaired) electrons. The van der Waals surface area contributed by atoms with Gasteiger partial charge in [0.1, 0.15) is 0 Å². The largest absolute Gasteiger partial charge is 0.326 e. The van der Waals surface area contributed by atoms with Crippen LogP contribution in [0.4, 0.5) is 11.4 Å². The molecule has 2 aromatic carbocycles. The molecule has 0 aliphatic carbocycles. The molecule has 2 N–H and O–H groups in total. The highest BCUT2D eigenvalue weighted by Gasteiger charge is 2.19. The number of nitrogens with one attached hydrogen (secondary N) is 2. The summed E-state index contributed by atoms with van der Waals surface area (Å²) in [7, 11) is 0. The second kappa shape index (κ2) is 11.1. The number of unbranched alkanes of at least 4 members (excludes halogenated alkanes) is 1. The molecule has 0 aromatic heterocycles. The molecular weight excluding hydrogens is 424 g/mol. The Morgan fingerprint density at radius 1 is 1.07 bits per heavy atom. The first-order chi connectivity index (χ1) is 13.0. The zero-order valence-electron chi connectivity index (χ0n) is 15.6. The Morgan fingerprint density at radius 3 is 2.56 bits per heavy atom. The highest BCUT2D eigenvalue weighted by Crippen LogP contribution is 2.29. The Bertz CT molecular complexity index is 782. The lowest BCUT2D eigenvalue weighted by molar-refractivity contribution is -0.116. The number of para-hydroxylation sites is 1.